The smallest absolute Gasteiger partial charge is 0.335 e. The van der Waals surface area contributed by atoms with E-state index in [9.17, 15) is 19.2 Å². The van der Waals surface area contributed by atoms with Crippen LogP contribution < -0.4 is 15.0 Å². The van der Waals surface area contributed by atoms with Gasteiger partial charge in [0.25, 0.3) is 11.8 Å². The Balaban J connectivity index is 1.61. The molecule has 0 aromatic heterocycles. The molecule has 2 N–H and O–H groups in total. The number of hydrogen-bond donors (Lipinski definition) is 2. The number of urea groups is 1. The van der Waals surface area contributed by atoms with Crippen molar-refractivity contribution in [3.63, 3.8) is 0 Å². The zero-order valence-electron chi connectivity index (χ0n) is 17.8. The molecule has 1 fully saturated rings. The van der Waals surface area contributed by atoms with Gasteiger partial charge >= 0.3 is 12.0 Å². The number of nitrogens with zero attached hydrogens (tertiary/aromatic N) is 1. The molecule has 4 rings (SSSR count). The number of amides is 4. The fourth-order valence-electron chi connectivity index (χ4n) is 3.31. The lowest BCUT2D eigenvalue weighted by molar-refractivity contribution is -0.122. The molecule has 0 spiro atoms. The van der Waals surface area contributed by atoms with Gasteiger partial charge in [0.2, 0.25) is 0 Å². The number of carboxylic acid groups (broad SMARTS) is 1. The van der Waals surface area contributed by atoms with E-state index in [4.69, 9.17) is 33.0 Å². The molecule has 0 saturated carbocycles. The first-order chi connectivity index (χ1) is 16.7. The molecule has 1 heterocycles. The molecule has 0 aliphatic carbocycles. The van der Waals surface area contributed by atoms with E-state index in [1.54, 1.807) is 36.4 Å². The molecule has 10 heteroatoms. The molecule has 0 bridgehead atoms. The average molecular weight is 511 g/mol. The third kappa shape index (κ3) is 5.18. The van der Waals surface area contributed by atoms with Crippen molar-refractivity contribution in [1.82, 2.24) is 5.32 Å². The van der Waals surface area contributed by atoms with Gasteiger partial charge in [-0.2, -0.15) is 0 Å². The number of imide groups is 2. The van der Waals surface area contributed by atoms with E-state index in [0.717, 1.165) is 10.5 Å². The minimum atomic E-state index is -1.03. The molecule has 8 nitrogen and oxygen atoms in total. The zero-order chi connectivity index (χ0) is 25.1. The van der Waals surface area contributed by atoms with Gasteiger partial charge in [-0.3, -0.25) is 14.9 Å². The number of hydrogen-bond acceptors (Lipinski definition) is 5. The van der Waals surface area contributed by atoms with Crippen LogP contribution in [0.15, 0.2) is 72.3 Å². The van der Waals surface area contributed by atoms with Crippen LogP contribution in [0.2, 0.25) is 10.0 Å². The Hall–Kier alpha value is -4.14. The minimum absolute atomic E-state index is 0.119. The van der Waals surface area contributed by atoms with Gasteiger partial charge in [-0.05, 0) is 48.0 Å². The third-order valence-electron chi connectivity index (χ3n) is 5.08. The number of halogens is 2. The molecule has 0 atom stereocenters. The molecular weight excluding hydrogens is 495 g/mol. The highest BCUT2D eigenvalue weighted by molar-refractivity contribution is 6.43. The van der Waals surface area contributed by atoms with E-state index in [1.807, 2.05) is 0 Å². The lowest BCUT2D eigenvalue weighted by Gasteiger charge is -2.26. The van der Waals surface area contributed by atoms with Crippen LogP contribution in [-0.4, -0.2) is 28.9 Å². The Morgan fingerprint density at radius 3 is 2.37 bits per heavy atom. The summed E-state index contributed by atoms with van der Waals surface area (Å²) in [6.07, 6.45) is 1.33. The molecular formula is C25H16Cl2N2O6. The topological polar surface area (TPSA) is 113 Å². The number of benzene rings is 3. The van der Waals surface area contributed by atoms with Gasteiger partial charge in [-0.1, -0.05) is 53.5 Å². The average Bonchev–Trinajstić information content (AvgIpc) is 2.83. The summed E-state index contributed by atoms with van der Waals surface area (Å²) in [5.74, 6) is -2.34. The predicted octanol–water partition coefficient (Wildman–Crippen LogP) is 4.94. The molecule has 3 aromatic rings. The number of ether oxygens (including phenoxy) is 1. The van der Waals surface area contributed by atoms with E-state index < -0.39 is 23.8 Å². The summed E-state index contributed by atoms with van der Waals surface area (Å²) in [6, 6.07) is 16.2. The van der Waals surface area contributed by atoms with Gasteiger partial charge in [0.1, 0.15) is 17.9 Å². The van der Waals surface area contributed by atoms with E-state index in [-0.39, 0.29) is 33.5 Å². The van der Waals surface area contributed by atoms with Gasteiger partial charge in [0.15, 0.2) is 0 Å². The number of anilines is 1. The van der Waals surface area contributed by atoms with E-state index in [2.05, 4.69) is 5.32 Å². The maximum atomic E-state index is 13.1. The number of nitrogens with one attached hydrogen (secondary N) is 1. The third-order valence-corrected chi connectivity index (χ3v) is 5.82. The number of barbiturate groups is 1. The van der Waals surface area contributed by atoms with Crippen molar-refractivity contribution in [3.05, 3.63) is 99.0 Å². The quantitative estimate of drug-likeness (QED) is 0.358. The highest BCUT2D eigenvalue weighted by atomic mass is 35.5. The molecule has 1 aliphatic heterocycles. The van der Waals surface area contributed by atoms with E-state index in [0.29, 0.717) is 11.3 Å². The minimum Gasteiger partial charge on any atom is -0.488 e. The van der Waals surface area contributed by atoms with Crippen LogP contribution in [0.4, 0.5) is 10.5 Å². The Kier molecular flexibility index (Phi) is 6.86. The highest BCUT2D eigenvalue weighted by Crippen LogP contribution is 2.30. The lowest BCUT2D eigenvalue weighted by atomic mass is 10.1. The first kappa shape index (κ1) is 24.0. The van der Waals surface area contributed by atoms with Crippen molar-refractivity contribution in [2.75, 3.05) is 4.90 Å². The van der Waals surface area contributed by atoms with Gasteiger partial charge in [-0.25, -0.2) is 14.5 Å². The Morgan fingerprint density at radius 1 is 0.971 bits per heavy atom. The van der Waals surface area contributed by atoms with Crippen LogP contribution in [0.5, 0.6) is 5.75 Å². The molecule has 1 saturated heterocycles. The fraction of sp³-hybridized carbons (Fsp3) is 0.0400. The molecule has 4 amide bonds. The molecule has 3 aromatic carbocycles. The second-order valence-corrected chi connectivity index (χ2v) is 8.20. The van der Waals surface area contributed by atoms with Crippen molar-refractivity contribution in [2.24, 2.45) is 0 Å². The van der Waals surface area contributed by atoms with Gasteiger partial charge in [0, 0.05) is 5.56 Å². The van der Waals surface area contributed by atoms with Crippen molar-refractivity contribution < 1.29 is 29.0 Å². The number of carbonyl (C=O) groups is 4. The van der Waals surface area contributed by atoms with Crippen molar-refractivity contribution >= 4 is 58.8 Å². The van der Waals surface area contributed by atoms with Crippen LogP contribution in [-0.2, 0) is 16.2 Å². The second-order valence-electron chi connectivity index (χ2n) is 7.38. The second kappa shape index (κ2) is 10.0. The monoisotopic (exact) mass is 510 g/mol. The summed E-state index contributed by atoms with van der Waals surface area (Å²) in [6.45, 7) is 0.119. The number of carboxylic acids is 1. The molecule has 1 aliphatic rings. The number of carbonyl (C=O) groups excluding carboxylic acids is 3. The van der Waals surface area contributed by atoms with Crippen molar-refractivity contribution in [2.45, 2.75) is 6.61 Å². The van der Waals surface area contributed by atoms with Gasteiger partial charge in [0.05, 0.1) is 21.3 Å². The molecule has 35 heavy (non-hydrogen) atoms. The van der Waals surface area contributed by atoms with Crippen LogP contribution in [0.3, 0.4) is 0 Å². The Morgan fingerprint density at radius 2 is 1.69 bits per heavy atom. The molecule has 0 unspecified atom stereocenters. The highest BCUT2D eigenvalue weighted by Gasteiger charge is 2.37. The maximum absolute atomic E-state index is 13.1. The van der Waals surface area contributed by atoms with Crippen molar-refractivity contribution in [1.29, 1.82) is 0 Å². The van der Waals surface area contributed by atoms with Crippen LogP contribution in [0.25, 0.3) is 6.08 Å². The number of aromatic carboxylic acids is 1. The summed E-state index contributed by atoms with van der Waals surface area (Å²) >= 11 is 11.9. The Bertz CT molecular complexity index is 1380. The van der Waals surface area contributed by atoms with Gasteiger partial charge in [-0.15, -0.1) is 0 Å². The fourth-order valence-corrected chi connectivity index (χ4v) is 3.60. The van der Waals surface area contributed by atoms with Crippen LogP contribution in [0.1, 0.15) is 21.5 Å². The number of para-hydroxylation sites is 1. The number of rotatable bonds is 6. The zero-order valence-corrected chi connectivity index (χ0v) is 19.3. The first-order valence-electron chi connectivity index (χ1n) is 10.1. The van der Waals surface area contributed by atoms with E-state index >= 15 is 0 Å². The summed E-state index contributed by atoms with van der Waals surface area (Å²) in [4.78, 5) is 49.9. The molecule has 176 valence electrons. The SMILES string of the molecule is O=C1NC(=O)N(c2ccc(Cl)c(Cl)c2)C(=O)/C1=C/c1ccccc1OCc1ccc(C(=O)O)cc1. The van der Waals surface area contributed by atoms with Gasteiger partial charge < -0.3 is 9.84 Å². The first-order valence-corrected chi connectivity index (χ1v) is 10.9. The summed E-state index contributed by atoms with van der Waals surface area (Å²) in [5, 5.41) is 11.6. The normalized spacial score (nSPS) is 14.7. The van der Waals surface area contributed by atoms with Crippen molar-refractivity contribution in [3.8, 4) is 5.75 Å². The molecule has 0 radical (unpaired) electrons. The largest absolute Gasteiger partial charge is 0.488 e. The van der Waals surface area contributed by atoms with E-state index in [1.165, 1.54) is 36.4 Å². The van der Waals surface area contributed by atoms with Crippen LogP contribution >= 0.6 is 23.2 Å². The summed E-state index contributed by atoms with van der Waals surface area (Å²) < 4.78 is 5.85. The summed E-state index contributed by atoms with van der Waals surface area (Å²) in [7, 11) is 0. The lowest BCUT2D eigenvalue weighted by Crippen LogP contribution is -2.54. The maximum Gasteiger partial charge on any atom is 0.335 e. The standard InChI is InChI=1S/C25H16Cl2N2O6/c26-19-10-9-17(12-20(19)27)29-23(31)18(22(30)28-25(29)34)11-16-3-1-2-4-21(16)35-13-14-5-7-15(8-6-14)24(32)33/h1-12H,13H2,(H,32,33)(H,28,30,34)/b18-11+. The predicted molar refractivity (Wildman–Crippen MR) is 130 cm³/mol. The Labute approximate surface area is 209 Å². The summed E-state index contributed by atoms with van der Waals surface area (Å²) in [5.41, 5.74) is 1.17. The van der Waals surface area contributed by atoms with Crippen LogP contribution in [0, 0.1) is 0 Å².